The molecule has 1 aromatic heterocycles. The molecular formula is C33H42N2O2. The van der Waals surface area contributed by atoms with E-state index in [1.165, 1.54) is 53.6 Å². The Morgan fingerprint density at radius 3 is 2.49 bits per heavy atom. The number of amides is 1. The number of anilines is 1. The van der Waals surface area contributed by atoms with Crippen LogP contribution in [0.15, 0.2) is 54.3 Å². The van der Waals surface area contributed by atoms with Crippen molar-refractivity contribution in [3.05, 3.63) is 76.7 Å². The number of nitrogens with zero attached hydrogens (tertiary/aromatic N) is 1. The maximum absolute atomic E-state index is 13.6. The van der Waals surface area contributed by atoms with Crippen LogP contribution in [0.4, 0.5) is 5.69 Å². The standard InChI is InChI=1S/C33H42N2O2/c1-5-28(36)12-9-19-35-29-16-15-27(21-25(29)22-30(35)32(2,3)4)34-31(37)33(17-18-33)26-14-13-23-10-7-6-8-11-24(23)20-26/h5,13-16,20-22,36H,6-12,17-19H2,1-4H3,(H,34,37). The zero-order valence-electron chi connectivity index (χ0n) is 23.0. The van der Waals surface area contributed by atoms with Crippen LogP contribution in [0, 0.1) is 0 Å². The number of hydrogen-bond acceptors (Lipinski definition) is 2. The molecule has 0 radical (unpaired) electrons. The van der Waals surface area contributed by atoms with E-state index in [0.717, 1.165) is 43.3 Å². The maximum Gasteiger partial charge on any atom is 0.235 e. The van der Waals surface area contributed by atoms with E-state index in [2.05, 4.69) is 67.1 Å². The predicted molar refractivity (Wildman–Crippen MR) is 154 cm³/mol. The molecule has 1 fully saturated rings. The third-order valence-corrected chi connectivity index (χ3v) is 8.41. The molecule has 0 bridgehead atoms. The number of benzene rings is 2. The van der Waals surface area contributed by atoms with Crippen molar-refractivity contribution in [3.8, 4) is 0 Å². The number of hydrogen-bond donors (Lipinski definition) is 2. The Hall–Kier alpha value is -3.01. The Bertz CT molecular complexity index is 1330. The van der Waals surface area contributed by atoms with Gasteiger partial charge in [-0.1, -0.05) is 45.4 Å². The van der Waals surface area contributed by atoms with Crippen molar-refractivity contribution in [1.82, 2.24) is 4.57 Å². The van der Waals surface area contributed by atoms with Crippen LogP contribution in [0.1, 0.15) is 95.0 Å². The van der Waals surface area contributed by atoms with Gasteiger partial charge in [0.25, 0.3) is 0 Å². The molecule has 0 aliphatic heterocycles. The average molecular weight is 499 g/mol. The highest BCUT2D eigenvalue weighted by atomic mass is 16.3. The molecule has 5 rings (SSSR count). The van der Waals surface area contributed by atoms with E-state index in [1.807, 2.05) is 13.0 Å². The van der Waals surface area contributed by atoms with Crippen LogP contribution in [0.5, 0.6) is 0 Å². The zero-order chi connectivity index (χ0) is 26.2. The fourth-order valence-corrected chi connectivity index (χ4v) is 6.00. The van der Waals surface area contributed by atoms with Crippen LogP contribution < -0.4 is 5.32 Å². The highest BCUT2D eigenvalue weighted by Crippen LogP contribution is 2.49. The summed E-state index contributed by atoms with van der Waals surface area (Å²) < 4.78 is 2.38. The monoisotopic (exact) mass is 498 g/mol. The number of allylic oxidation sites excluding steroid dienone is 2. The van der Waals surface area contributed by atoms with Gasteiger partial charge in [-0.05, 0) is 98.9 Å². The first-order valence-corrected chi connectivity index (χ1v) is 14.1. The second kappa shape index (κ2) is 10.0. The molecule has 3 aromatic rings. The van der Waals surface area contributed by atoms with Gasteiger partial charge in [0, 0.05) is 40.7 Å². The smallest absolute Gasteiger partial charge is 0.235 e. The van der Waals surface area contributed by atoms with E-state index in [4.69, 9.17) is 0 Å². The van der Waals surface area contributed by atoms with Crippen molar-refractivity contribution in [2.24, 2.45) is 0 Å². The minimum atomic E-state index is -0.381. The first-order valence-electron chi connectivity index (χ1n) is 14.1. The van der Waals surface area contributed by atoms with Crippen molar-refractivity contribution in [2.45, 2.75) is 103 Å². The first-order chi connectivity index (χ1) is 17.7. The maximum atomic E-state index is 13.6. The van der Waals surface area contributed by atoms with Crippen molar-refractivity contribution in [3.63, 3.8) is 0 Å². The Balaban J connectivity index is 1.38. The van der Waals surface area contributed by atoms with Crippen molar-refractivity contribution >= 4 is 22.5 Å². The van der Waals surface area contributed by atoms with Gasteiger partial charge < -0.3 is 15.0 Å². The van der Waals surface area contributed by atoms with Crippen LogP contribution in [0.2, 0.25) is 0 Å². The lowest BCUT2D eigenvalue weighted by atomic mass is 9.90. The number of aryl methyl sites for hydroxylation is 3. The van der Waals surface area contributed by atoms with Crippen molar-refractivity contribution in [1.29, 1.82) is 0 Å². The summed E-state index contributed by atoms with van der Waals surface area (Å²) in [4.78, 5) is 13.6. The van der Waals surface area contributed by atoms with Gasteiger partial charge >= 0.3 is 0 Å². The highest BCUT2D eigenvalue weighted by Gasteiger charge is 2.51. The lowest BCUT2D eigenvalue weighted by molar-refractivity contribution is -0.118. The summed E-state index contributed by atoms with van der Waals surface area (Å²) in [5, 5.41) is 14.3. The predicted octanol–water partition coefficient (Wildman–Crippen LogP) is 8.12. The van der Waals surface area contributed by atoms with Gasteiger partial charge in [-0.2, -0.15) is 0 Å². The second-order valence-electron chi connectivity index (χ2n) is 12.2. The third-order valence-electron chi connectivity index (χ3n) is 8.41. The lowest BCUT2D eigenvalue weighted by Gasteiger charge is -2.22. The van der Waals surface area contributed by atoms with E-state index in [-0.39, 0.29) is 16.7 Å². The summed E-state index contributed by atoms with van der Waals surface area (Å²) in [5.74, 6) is 0.569. The number of rotatable bonds is 7. The summed E-state index contributed by atoms with van der Waals surface area (Å²) in [5.41, 5.74) is 7.05. The molecule has 1 amide bonds. The van der Waals surface area contributed by atoms with Crippen LogP contribution in [-0.4, -0.2) is 15.6 Å². The van der Waals surface area contributed by atoms with E-state index >= 15 is 0 Å². The number of carbonyl (C=O) groups excluding carboxylic acids is 1. The summed E-state index contributed by atoms with van der Waals surface area (Å²) >= 11 is 0. The van der Waals surface area contributed by atoms with Crippen molar-refractivity contribution in [2.75, 3.05) is 5.32 Å². The van der Waals surface area contributed by atoms with E-state index in [9.17, 15) is 9.90 Å². The van der Waals surface area contributed by atoms with Gasteiger partial charge in [-0.3, -0.25) is 4.79 Å². The molecule has 1 heterocycles. The zero-order valence-corrected chi connectivity index (χ0v) is 23.0. The Kier molecular flexibility index (Phi) is 6.95. The molecule has 37 heavy (non-hydrogen) atoms. The average Bonchev–Trinajstić information content (AvgIpc) is 3.64. The Morgan fingerprint density at radius 2 is 1.78 bits per heavy atom. The number of aromatic nitrogens is 1. The van der Waals surface area contributed by atoms with Gasteiger partial charge in [0.05, 0.1) is 11.2 Å². The van der Waals surface area contributed by atoms with Crippen LogP contribution in [0.25, 0.3) is 10.9 Å². The van der Waals surface area contributed by atoms with Crippen LogP contribution in [-0.2, 0) is 35.0 Å². The van der Waals surface area contributed by atoms with E-state index in [1.54, 1.807) is 6.08 Å². The molecule has 0 unspecified atom stereocenters. The topological polar surface area (TPSA) is 54.3 Å². The molecule has 4 nitrogen and oxygen atoms in total. The van der Waals surface area contributed by atoms with Gasteiger partial charge in [0.1, 0.15) is 0 Å². The van der Waals surface area contributed by atoms with E-state index < -0.39 is 0 Å². The molecule has 4 heteroatoms. The summed E-state index contributed by atoms with van der Waals surface area (Å²) in [6.45, 7) is 9.43. The van der Waals surface area contributed by atoms with Crippen LogP contribution >= 0.6 is 0 Å². The van der Waals surface area contributed by atoms with Gasteiger partial charge in [-0.25, -0.2) is 0 Å². The summed E-state index contributed by atoms with van der Waals surface area (Å²) in [6, 6.07) is 15.4. The second-order valence-corrected chi connectivity index (χ2v) is 12.2. The third kappa shape index (κ3) is 5.21. The molecule has 2 aliphatic carbocycles. The molecule has 2 aromatic carbocycles. The van der Waals surface area contributed by atoms with Crippen molar-refractivity contribution < 1.29 is 9.90 Å². The number of aliphatic hydroxyl groups is 1. The van der Waals surface area contributed by atoms with E-state index in [0.29, 0.717) is 12.2 Å². The largest absolute Gasteiger partial charge is 0.513 e. The normalized spacial score (nSPS) is 17.4. The minimum Gasteiger partial charge on any atom is -0.513 e. The SMILES string of the molecule is CC=C(O)CCCn1c(C(C)(C)C)cc2cc(NC(=O)C3(c4ccc5c(c4)CCCCC5)CC3)ccc21. The molecule has 196 valence electrons. The molecule has 2 N–H and O–H groups in total. The highest BCUT2D eigenvalue weighted by molar-refractivity contribution is 6.02. The minimum absolute atomic E-state index is 0.00549. The molecule has 1 saturated carbocycles. The lowest BCUT2D eigenvalue weighted by Crippen LogP contribution is -2.28. The fourth-order valence-electron chi connectivity index (χ4n) is 6.00. The number of carbonyl (C=O) groups is 1. The molecule has 0 saturated heterocycles. The number of nitrogens with one attached hydrogen (secondary N) is 1. The van der Waals surface area contributed by atoms with Crippen LogP contribution in [0.3, 0.4) is 0 Å². The molecule has 0 atom stereocenters. The molecular weight excluding hydrogens is 456 g/mol. The molecule has 0 spiro atoms. The van der Waals surface area contributed by atoms with Gasteiger partial charge in [0.15, 0.2) is 0 Å². The Morgan fingerprint density at radius 1 is 1.03 bits per heavy atom. The quantitative estimate of drug-likeness (QED) is 0.255. The number of aliphatic hydroxyl groups excluding tert-OH is 1. The Labute approximate surface area is 221 Å². The summed E-state index contributed by atoms with van der Waals surface area (Å²) in [7, 11) is 0. The fraction of sp³-hybridized carbons (Fsp3) is 0.485. The first kappa shape index (κ1) is 25.6. The number of fused-ring (bicyclic) bond motifs is 2. The van der Waals surface area contributed by atoms with Gasteiger partial charge in [0.2, 0.25) is 5.91 Å². The molecule has 2 aliphatic rings. The summed E-state index contributed by atoms with van der Waals surface area (Å²) in [6.07, 6.45) is 11.3. The van der Waals surface area contributed by atoms with Gasteiger partial charge in [-0.15, -0.1) is 0 Å².